The van der Waals surface area contributed by atoms with Crippen LogP contribution in [0, 0.1) is 0 Å². The second kappa shape index (κ2) is 14.8. The minimum Gasteiger partial charge on any atom is -0.339 e. The molecule has 0 radical (unpaired) electrons. The Hall–Kier alpha value is -1.31. The monoisotopic (exact) mass is 359 g/mol. The predicted octanol–water partition coefficient (Wildman–Crippen LogP) is 7.02. The molecular weight excluding hydrogens is 318 g/mol. The van der Waals surface area contributed by atoms with Gasteiger partial charge in [-0.25, -0.2) is 0 Å². The van der Waals surface area contributed by atoms with Crippen LogP contribution in [0.25, 0.3) is 0 Å². The van der Waals surface area contributed by atoms with Crippen molar-refractivity contribution in [2.75, 3.05) is 13.1 Å². The molecule has 0 heterocycles. The summed E-state index contributed by atoms with van der Waals surface area (Å²) in [5.74, 6) is 0.209. The number of benzene rings is 1. The first-order valence-corrected chi connectivity index (χ1v) is 11.1. The third-order valence-electron chi connectivity index (χ3n) is 5.21. The lowest BCUT2D eigenvalue weighted by Gasteiger charge is -2.23. The van der Waals surface area contributed by atoms with Gasteiger partial charge in [0.1, 0.15) is 0 Å². The number of nitrogens with zero attached hydrogens (tertiary/aromatic N) is 1. The summed E-state index contributed by atoms with van der Waals surface area (Å²) < 4.78 is 0. The Morgan fingerprint density at radius 1 is 0.692 bits per heavy atom. The average molecular weight is 360 g/mol. The lowest BCUT2D eigenvalue weighted by molar-refractivity contribution is 0.0750. The van der Waals surface area contributed by atoms with Gasteiger partial charge in [-0.1, -0.05) is 90.7 Å². The Bertz CT molecular complexity index is 466. The van der Waals surface area contributed by atoms with Crippen LogP contribution in [-0.2, 0) is 6.42 Å². The van der Waals surface area contributed by atoms with Crippen molar-refractivity contribution in [3.63, 3.8) is 0 Å². The minimum atomic E-state index is 0.209. The number of rotatable bonds is 15. The third kappa shape index (κ3) is 9.40. The van der Waals surface area contributed by atoms with E-state index in [4.69, 9.17) is 0 Å². The summed E-state index contributed by atoms with van der Waals surface area (Å²) in [7, 11) is 0. The van der Waals surface area contributed by atoms with E-state index in [1.54, 1.807) is 0 Å². The lowest BCUT2D eigenvalue weighted by atomic mass is 10.1. The average Bonchev–Trinajstić information content (AvgIpc) is 2.68. The standard InChI is InChI=1S/C24H41NO/c1-4-7-9-10-11-12-13-14-15-21-25(20-8-5-2)24(26)23-18-16-22(6-3)17-19-23/h16-19H,4-15,20-21H2,1-3H3. The second-order valence-electron chi connectivity index (χ2n) is 7.52. The Labute approximate surface area is 162 Å². The molecule has 0 saturated heterocycles. The first-order chi connectivity index (χ1) is 12.7. The maximum atomic E-state index is 12.8. The van der Waals surface area contributed by atoms with E-state index >= 15 is 0 Å². The molecule has 0 N–H and O–H groups in total. The number of unbranched alkanes of at least 4 members (excludes halogenated alkanes) is 9. The topological polar surface area (TPSA) is 20.3 Å². The molecule has 0 aliphatic carbocycles. The fraction of sp³-hybridized carbons (Fsp3) is 0.708. The first-order valence-electron chi connectivity index (χ1n) is 11.1. The molecule has 0 unspecified atom stereocenters. The molecule has 2 heteroatoms. The number of hydrogen-bond donors (Lipinski definition) is 0. The second-order valence-corrected chi connectivity index (χ2v) is 7.52. The Morgan fingerprint density at radius 2 is 1.19 bits per heavy atom. The van der Waals surface area contributed by atoms with Crippen LogP contribution in [0.2, 0.25) is 0 Å². The van der Waals surface area contributed by atoms with E-state index in [-0.39, 0.29) is 5.91 Å². The van der Waals surface area contributed by atoms with E-state index in [2.05, 4.69) is 37.8 Å². The zero-order valence-electron chi connectivity index (χ0n) is 17.6. The quantitative estimate of drug-likeness (QED) is 0.308. The van der Waals surface area contributed by atoms with Crippen LogP contribution in [0.3, 0.4) is 0 Å². The molecule has 0 aliphatic heterocycles. The van der Waals surface area contributed by atoms with Crippen LogP contribution in [0.1, 0.15) is 107 Å². The van der Waals surface area contributed by atoms with Gasteiger partial charge in [0, 0.05) is 18.7 Å². The molecule has 0 aliphatic rings. The Kier molecular flexibility index (Phi) is 13.0. The number of aryl methyl sites for hydroxylation is 1. The SMILES string of the molecule is CCCCCCCCCCCN(CCCC)C(=O)c1ccc(CC)cc1. The van der Waals surface area contributed by atoms with Gasteiger partial charge in [0.25, 0.3) is 5.91 Å². The molecule has 0 atom stereocenters. The first kappa shape index (κ1) is 22.7. The van der Waals surface area contributed by atoms with E-state index in [1.807, 2.05) is 12.1 Å². The van der Waals surface area contributed by atoms with Crippen LogP contribution in [0.5, 0.6) is 0 Å². The zero-order valence-corrected chi connectivity index (χ0v) is 17.6. The van der Waals surface area contributed by atoms with E-state index in [0.29, 0.717) is 0 Å². The number of hydrogen-bond acceptors (Lipinski definition) is 1. The highest BCUT2D eigenvalue weighted by atomic mass is 16.2. The summed E-state index contributed by atoms with van der Waals surface area (Å²) in [5.41, 5.74) is 2.13. The van der Waals surface area contributed by atoms with Crippen molar-refractivity contribution in [1.82, 2.24) is 4.90 Å². The molecular formula is C24H41NO. The smallest absolute Gasteiger partial charge is 0.253 e. The van der Waals surface area contributed by atoms with Gasteiger partial charge in [0.2, 0.25) is 0 Å². The predicted molar refractivity (Wildman–Crippen MR) is 114 cm³/mol. The summed E-state index contributed by atoms with van der Waals surface area (Å²) in [6.07, 6.45) is 15.2. The normalized spacial score (nSPS) is 10.9. The van der Waals surface area contributed by atoms with E-state index < -0.39 is 0 Å². The van der Waals surface area contributed by atoms with Crippen LogP contribution >= 0.6 is 0 Å². The van der Waals surface area contributed by atoms with Gasteiger partial charge in [0.05, 0.1) is 0 Å². The molecule has 0 aromatic heterocycles. The highest BCUT2D eigenvalue weighted by molar-refractivity contribution is 5.94. The van der Waals surface area contributed by atoms with Crippen LogP contribution in [0.4, 0.5) is 0 Å². The van der Waals surface area contributed by atoms with E-state index in [9.17, 15) is 4.79 Å². The van der Waals surface area contributed by atoms with Crippen LogP contribution < -0.4 is 0 Å². The van der Waals surface area contributed by atoms with Crippen LogP contribution in [-0.4, -0.2) is 23.9 Å². The lowest BCUT2D eigenvalue weighted by Crippen LogP contribution is -2.33. The molecule has 26 heavy (non-hydrogen) atoms. The summed E-state index contributed by atoms with van der Waals surface area (Å²) in [4.78, 5) is 14.9. The zero-order chi connectivity index (χ0) is 19.0. The van der Waals surface area contributed by atoms with E-state index in [0.717, 1.165) is 44.3 Å². The molecule has 1 aromatic rings. The van der Waals surface area contributed by atoms with Gasteiger partial charge in [0.15, 0.2) is 0 Å². The molecule has 0 spiro atoms. The largest absolute Gasteiger partial charge is 0.339 e. The van der Waals surface area contributed by atoms with Gasteiger partial charge < -0.3 is 4.90 Å². The summed E-state index contributed by atoms with van der Waals surface area (Å²) in [6.45, 7) is 8.40. The van der Waals surface area contributed by atoms with E-state index in [1.165, 1.54) is 56.9 Å². The van der Waals surface area contributed by atoms with Crippen molar-refractivity contribution in [3.05, 3.63) is 35.4 Å². The highest BCUT2D eigenvalue weighted by Gasteiger charge is 2.14. The highest BCUT2D eigenvalue weighted by Crippen LogP contribution is 2.13. The van der Waals surface area contributed by atoms with Crippen molar-refractivity contribution in [2.24, 2.45) is 0 Å². The van der Waals surface area contributed by atoms with Gasteiger partial charge in [-0.05, 0) is 37.0 Å². The Morgan fingerprint density at radius 3 is 1.73 bits per heavy atom. The Balaban J connectivity index is 2.34. The van der Waals surface area contributed by atoms with Crippen molar-refractivity contribution in [3.8, 4) is 0 Å². The maximum absolute atomic E-state index is 12.8. The molecule has 1 amide bonds. The molecule has 148 valence electrons. The number of amides is 1. The molecule has 2 nitrogen and oxygen atoms in total. The fourth-order valence-corrected chi connectivity index (χ4v) is 3.34. The van der Waals surface area contributed by atoms with Crippen molar-refractivity contribution >= 4 is 5.91 Å². The van der Waals surface area contributed by atoms with Crippen molar-refractivity contribution < 1.29 is 4.79 Å². The van der Waals surface area contributed by atoms with Gasteiger partial charge in [-0.15, -0.1) is 0 Å². The van der Waals surface area contributed by atoms with Gasteiger partial charge in [-0.2, -0.15) is 0 Å². The molecule has 0 fully saturated rings. The summed E-state index contributed by atoms with van der Waals surface area (Å²) >= 11 is 0. The van der Waals surface area contributed by atoms with Crippen molar-refractivity contribution in [1.29, 1.82) is 0 Å². The molecule has 1 aromatic carbocycles. The molecule has 1 rings (SSSR count). The van der Waals surface area contributed by atoms with Gasteiger partial charge in [-0.3, -0.25) is 4.79 Å². The summed E-state index contributed by atoms with van der Waals surface area (Å²) in [5, 5.41) is 0. The van der Waals surface area contributed by atoms with Crippen LogP contribution in [0.15, 0.2) is 24.3 Å². The fourth-order valence-electron chi connectivity index (χ4n) is 3.34. The van der Waals surface area contributed by atoms with Crippen molar-refractivity contribution in [2.45, 2.75) is 97.8 Å². The maximum Gasteiger partial charge on any atom is 0.253 e. The van der Waals surface area contributed by atoms with Gasteiger partial charge >= 0.3 is 0 Å². The third-order valence-corrected chi connectivity index (χ3v) is 5.21. The molecule has 0 saturated carbocycles. The summed E-state index contributed by atoms with van der Waals surface area (Å²) in [6, 6.07) is 8.17. The molecule has 0 bridgehead atoms. The minimum absolute atomic E-state index is 0.209. The number of carbonyl (C=O) groups is 1. The number of carbonyl (C=O) groups excluding carboxylic acids is 1.